The smallest absolute Gasteiger partial charge is 0.255 e. The Hall–Kier alpha value is -10.1. The van der Waals surface area contributed by atoms with Crippen LogP contribution >= 0.6 is 12.4 Å². The first-order valence-corrected chi connectivity index (χ1v) is 30.8. The largest absolute Gasteiger partial charge is 0.340 e. The second-order valence-corrected chi connectivity index (χ2v) is 22.4. The lowest BCUT2D eigenvalue weighted by Gasteiger charge is -2.22. The fraction of sp³-hybridized carbons (Fsp3) is 0.271. The maximum atomic E-state index is 14.1. The van der Waals surface area contributed by atoms with E-state index in [-0.39, 0.29) is 12.4 Å². The number of unbranched alkanes of at least 4 members (excludes halogenated alkanes) is 3. The van der Waals surface area contributed by atoms with Gasteiger partial charge in [0.2, 0.25) is 17.7 Å². The first-order chi connectivity index (χ1) is 44.2. The minimum absolute atomic E-state index is 0. The number of carbonyl (C=O) groups is 6. The van der Waals surface area contributed by atoms with E-state index in [0.29, 0.717) is 128 Å². The number of para-hydroxylation sites is 3. The van der Waals surface area contributed by atoms with Gasteiger partial charge in [0, 0.05) is 23.0 Å². The number of nitrogens with two attached hydrogens (primary N) is 3. The van der Waals surface area contributed by atoms with Crippen molar-refractivity contribution in [2.45, 2.75) is 103 Å². The molecule has 0 saturated carbocycles. The Morgan fingerprint density at radius 3 is 0.859 bits per heavy atom. The number of benzene rings is 6. The van der Waals surface area contributed by atoms with E-state index < -0.39 is 59.5 Å². The zero-order valence-electron chi connectivity index (χ0n) is 51.9. The summed E-state index contributed by atoms with van der Waals surface area (Å²) >= 11 is 0. The van der Waals surface area contributed by atoms with E-state index in [1.165, 1.54) is 18.6 Å². The Morgan fingerprint density at radius 1 is 0.370 bits per heavy atom. The highest BCUT2D eigenvalue weighted by molar-refractivity contribution is 6.03. The molecule has 9 aromatic rings. The summed E-state index contributed by atoms with van der Waals surface area (Å²) in [5, 5.41) is 31.3. The molecule has 22 heteroatoms. The fourth-order valence-corrected chi connectivity index (χ4v) is 10.9. The summed E-state index contributed by atoms with van der Waals surface area (Å²) in [7, 11) is 0. The van der Waals surface area contributed by atoms with Crippen molar-refractivity contribution in [1.29, 1.82) is 0 Å². The highest BCUT2D eigenvalue weighted by Gasteiger charge is 2.28. The molecule has 0 spiro atoms. The van der Waals surface area contributed by atoms with Crippen molar-refractivity contribution in [3.8, 4) is 17.1 Å². The molecule has 3 aromatic heterocycles. The lowest BCUT2D eigenvalue weighted by molar-refractivity contribution is -0.118. The molecule has 21 nitrogen and oxygen atoms in total. The topological polar surface area (TPSA) is 306 Å². The molecule has 0 unspecified atom stereocenters. The van der Waals surface area contributed by atoms with E-state index in [1.54, 1.807) is 71.2 Å². The number of anilines is 3. The van der Waals surface area contributed by atoms with Crippen molar-refractivity contribution >= 4 is 64.9 Å². The van der Waals surface area contributed by atoms with Crippen LogP contribution in [0.4, 0.5) is 17.1 Å². The number of halogens is 1. The minimum atomic E-state index is -0.887. The van der Waals surface area contributed by atoms with Gasteiger partial charge in [-0.2, -0.15) is 15.3 Å². The van der Waals surface area contributed by atoms with Gasteiger partial charge in [0.05, 0.1) is 69.4 Å². The van der Waals surface area contributed by atoms with Crippen LogP contribution in [0.15, 0.2) is 182 Å². The molecule has 6 amide bonds. The molecule has 3 atom stereocenters. The summed E-state index contributed by atoms with van der Waals surface area (Å²) in [5.74, 6) is -2.90. The van der Waals surface area contributed by atoms with Crippen LogP contribution in [0.3, 0.4) is 0 Å². The van der Waals surface area contributed by atoms with Gasteiger partial charge < -0.3 is 49.1 Å². The van der Waals surface area contributed by atoms with Crippen molar-refractivity contribution < 1.29 is 28.8 Å². The molecule has 0 fully saturated rings. The Labute approximate surface area is 541 Å². The van der Waals surface area contributed by atoms with E-state index in [1.807, 2.05) is 127 Å². The van der Waals surface area contributed by atoms with Gasteiger partial charge >= 0.3 is 0 Å². The summed E-state index contributed by atoms with van der Waals surface area (Å²) in [6.07, 6.45) is 9.35. The molecule has 12 N–H and O–H groups in total. The number of aromatic nitrogens is 6. The number of nitrogens with zero attached hydrogens (tertiary/aromatic N) is 6. The molecular weight excluding hydrogens is 1180 g/mol. The Morgan fingerprint density at radius 2 is 0.620 bits per heavy atom. The zero-order valence-corrected chi connectivity index (χ0v) is 52.7. The second kappa shape index (κ2) is 33.1. The molecule has 6 aromatic carbocycles. The molecule has 0 aliphatic rings. The zero-order chi connectivity index (χ0) is 64.2. The highest BCUT2D eigenvalue weighted by atomic mass is 35.5. The maximum Gasteiger partial charge on any atom is 0.255 e. The van der Waals surface area contributed by atoms with Crippen LogP contribution < -0.4 is 49.1 Å². The van der Waals surface area contributed by atoms with Gasteiger partial charge in [-0.3, -0.25) is 28.8 Å². The molecule has 0 aliphatic carbocycles. The quantitative estimate of drug-likeness (QED) is 0.0150. The van der Waals surface area contributed by atoms with Gasteiger partial charge in [0.25, 0.3) is 17.7 Å². The number of rotatable bonds is 30. The van der Waals surface area contributed by atoms with E-state index in [9.17, 15) is 28.8 Å². The van der Waals surface area contributed by atoms with Crippen LogP contribution in [0.25, 0.3) is 17.1 Å². The van der Waals surface area contributed by atoms with Crippen LogP contribution in [0.2, 0.25) is 0 Å². The molecule has 0 aliphatic heterocycles. The standard InChI is InChI=1S/C70H79N15O6.ClH/c1-46-58(43-74-83(46)55-19-7-4-8-20-55)65(86)80-61(25-13-16-40-71)68(89)77-52-34-28-49(29-35-52)64(50-30-36-53(37-31-50)78-69(90)62(26-14-17-41-72)81-66(87)59-44-75-84(47(59)2)56-21-9-5-10-22-56)51-32-38-54(39-33-51)79-70(91)63(27-15-18-42-73)82-67(88)60-45-76-85(48(60)3)57-23-11-6-12-24-57;/h4-12,19-24,28-39,43-45,61-64H,13-18,25-27,40-42,71-73H2,1-3H3,(H,77,89)(H,78,90)(H,79,91)(H,80,86)(H,81,87)(H,82,88);1H/t61-,62-,63-;/m1./s1. The van der Waals surface area contributed by atoms with Gasteiger partial charge in [-0.25, -0.2) is 14.0 Å². The summed E-state index contributed by atoms with van der Waals surface area (Å²) < 4.78 is 5.05. The van der Waals surface area contributed by atoms with Crippen molar-refractivity contribution in [1.82, 2.24) is 45.3 Å². The first-order valence-electron chi connectivity index (χ1n) is 30.8. The van der Waals surface area contributed by atoms with Crippen molar-refractivity contribution in [2.75, 3.05) is 35.6 Å². The van der Waals surface area contributed by atoms with Crippen LogP contribution in [0.5, 0.6) is 0 Å². The SMILES string of the molecule is Cc1c(C(=O)N[C@H](CCCCN)C(=O)Nc2ccc(C(c3ccc(NC(=O)[C@@H](CCCCN)NC(=O)c4cnn(-c5ccccc5)c4C)cc3)c3ccc(NC(=O)[C@@H](CCCCN)NC(=O)c4cnn(-c5ccccc5)c4C)cc3)cc2)cnn1-c1ccccc1.Cl. The lowest BCUT2D eigenvalue weighted by atomic mass is 9.85. The summed E-state index contributed by atoms with van der Waals surface area (Å²) in [5.41, 5.74) is 26.9. The van der Waals surface area contributed by atoms with Gasteiger partial charge in [0.15, 0.2) is 0 Å². The number of amides is 6. The van der Waals surface area contributed by atoms with Gasteiger partial charge in [-0.1, -0.05) is 91.0 Å². The summed E-state index contributed by atoms with van der Waals surface area (Å²) in [6, 6.07) is 48.1. The first kappa shape index (κ1) is 67.9. The van der Waals surface area contributed by atoms with Crippen LogP contribution in [0, 0.1) is 20.8 Å². The molecular formula is C70H80ClN15O6. The number of hydrogen-bond donors (Lipinski definition) is 9. The van der Waals surface area contributed by atoms with E-state index >= 15 is 0 Å². The van der Waals surface area contributed by atoms with Gasteiger partial charge in [-0.05, 0) is 188 Å². The number of nitrogens with one attached hydrogen (secondary N) is 6. The lowest BCUT2D eigenvalue weighted by Crippen LogP contribution is -2.44. The third-order valence-corrected chi connectivity index (χ3v) is 16.0. The minimum Gasteiger partial charge on any atom is -0.340 e. The predicted octanol–water partition coefficient (Wildman–Crippen LogP) is 9.37. The average Bonchev–Trinajstić information content (AvgIpc) is 1.52. The van der Waals surface area contributed by atoms with E-state index in [2.05, 4.69) is 47.2 Å². The van der Waals surface area contributed by atoms with Gasteiger partial charge in [0.1, 0.15) is 18.1 Å². The van der Waals surface area contributed by atoms with Crippen LogP contribution in [-0.2, 0) is 14.4 Å². The fourth-order valence-electron chi connectivity index (χ4n) is 10.9. The molecule has 0 radical (unpaired) electrons. The summed E-state index contributed by atoms with van der Waals surface area (Å²) in [6.45, 7) is 6.72. The second-order valence-electron chi connectivity index (χ2n) is 22.4. The molecule has 92 heavy (non-hydrogen) atoms. The number of carbonyl (C=O) groups excluding carboxylic acids is 6. The number of hydrogen-bond acceptors (Lipinski definition) is 12. The molecule has 0 bridgehead atoms. The molecule has 3 heterocycles. The third kappa shape index (κ3) is 17.2. The monoisotopic (exact) mass is 1260 g/mol. The normalized spacial score (nSPS) is 12.0. The Bertz CT molecular complexity index is 3490. The van der Waals surface area contributed by atoms with Gasteiger partial charge in [-0.15, -0.1) is 12.4 Å². The van der Waals surface area contributed by atoms with E-state index in [4.69, 9.17) is 17.2 Å². The molecule has 478 valence electrons. The van der Waals surface area contributed by atoms with Crippen molar-refractivity contribution in [3.63, 3.8) is 0 Å². The average molecular weight is 1260 g/mol. The third-order valence-electron chi connectivity index (χ3n) is 16.0. The highest BCUT2D eigenvalue weighted by Crippen LogP contribution is 2.35. The maximum absolute atomic E-state index is 14.1. The molecule has 0 saturated heterocycles. The van der Waals surface area contributed by atoms with Crippen molar-refractivity contribution in [2.24, 2.45) is 17.2 Å². The van der Waals surface area contributed by atoms with E-state index in [0.717, 1.165) is 33.8 Å². The molecule has 9 rings (SSSR count). The van der Waals surface area contributed by atoms with Crippen molar-refractivity contribution in [3.05, 3.63) is 233 Å². The Kier molecular flexibility index (Phi) is 24.4. The predicted molar refractivity (Wildman–Crippen MR) is 361 cm³/mol. The summed E-state index contributed by atoms with van der Waals surface area (Å²) in [4.78, 5) is 83.9. The Balaban J connectivity index is 0.0000109. The van der Waals surface area contributed by atoms with Crippen LogP contribution in [0.1, 0.15) is 129 Å². The van der Waals surface area contributed by atoms with Crippen LogP contribution in [-0.4, -0.2) is 103 Å².